The summed E-state index contributed by atoms with van der Waals surface area (Å²) in [6, 6.07) is 7.57. The van der Waals surface area contributed by atoms with Crippen molar-refractivity contribution in [2.75, 3.05) is 12.5 Å². The lowest BCUT2D eigenvalue weighted by Crippen LogP contribution is -2.07. The summed E-state index contributed by atoms with van der Waals surface area (Å²) in [5.74, 6) is 0. The molecule has 2 rings (SSSR count). The van der Waals surface area contributed by atoms with Crippen LogP contribution in [0.15, 0.2) is 39.2 Å². The molecule has 2 N–H and O–H groups in total. The minimum absolute atomic E-state index is 0.571. The molecule has 17 heavy (non-hydrogen) atoms. The molecule has 0 saturated carbocycles. The Morgan fingerprint density at radius 2 is 2.18 bits per heavy atom. The van der Waals surface area contributed by atoms with Crippen LogP contribution in [0.4, 0.5) is 0 Å². The summed E-state index contributed by atoms with van der Waals surface area (Å²) in [6.45, 7) is 0. The van der Waals surface area contributed by atoms with Gasteiger partial charge in [-0.1, -0.05) is 11.8 Å². The van der Waals surface area contributed by atoms with Crippen LogP contribution in [0, 0.1) is 0 Å². The molecule has 0 aliphatic rings. The zero-order valence-electron chi connectivity index (χ0n) is 9.60. The van der Waals surface area contributed by atoms with Gasteiger partial charge in [-0.25, -0.2) is 0 Å². The number of hydrogen-bond donors (Lipinski definition) is 1. The summed E-state index contributed by atoms with van der Waals surface area (Å²) in [7, 11) is 0. The molecule has 0 aliphatic carbocycles. The van der Waals surface area contributed by atoms with Crippen LogP contribution in [0.25, 0.3) is 16.7 Å². The molecule has 0 radical (unpaired) electrons. The fraction of sp³-hybridized carbons (Fsp3) is 0.167. The van der Waals surface area contributed by atoms with Gasteiger partial charge in [-0.3, -0.25) is 0 Å². The largest absolute Gasteiger partial charge is 0.611 e. The van der Waals surface area contributed by atoms with Gasteiger partial charge in [0.2, 0.25) is 4.24 Å². The second kappa shape index (κ2) is 5.08. The van der Waals surface area contributed by atoms with E-state index >= 15 is 0 Å². The average molecular weight is 267 g/mol. The maximum atomic E-state index is 11.5. The average Bonchev–Trinajstić information content (AvgIpc) is 2.75. The molecular weight excluding hydrogens is 254 g/mol. The third-order valence-corrected chi connectivity index (χ3v) is 4.97. The number of benzene rings is 1. The van der Waals surface area contributed by atoms with Crippen molar-refractivity contribution in [3.63, 3.8) is 0 Å². The highest BCUT2D eigenvalue weighted by Gasteiger charge is 2.15. The fourth-order valence-electron chi connectivity index (χ4n) is 1.63. The van der Waals surface area contributed by atoms with Crippen molar-refractivity contribution in [1.82, 2.24) is 0 Å². The minimum Gasteiger partial charge on any atom is -0.611 e. The van der Waals surface area contributed by atoms with E-state index in [4.69, 9.17) is 10.2 Å². The second-order valence-electron chi connectivity index (χ2n) is 3.53. The molecule has 3 nitrogen and oxygen atoms in total. The van der Waals surface area contributed by atoms with E-state index in [0.29, 0.717) is 9.93 Å². The number of hydrogen-bond acceptors (Lipinski definition) is 4. The van der Waals surface area contributed by atoms with Gasteiger partial charge in [0, 0.05) is 10.9 Å². The Hall–Kier alpha value is -1.04. The molecular formula is C12H13NO2S2. The van der Waals surface area contributed by atoms with E-state index in [9.17, 15) is 4.55 Å². The van der Waals surface area contributed by atoms with E-state index < -0.39 is 11.2 Å². The van der Waals surface area contributed by atoms with Crippen molar-refractivity contribution in [2.45, 2.75) is 0 Å². The molecule has 2 aromatic rings. The molecule has 5 heteroatoms. The van der Waals surface area contributed by atoms with E-state index in [2.05, 4.69) is 0 Å². The quantitative estimate of drug-likeness (QED) is 0.869. The summed E-state index contributed by atoms with van der Waals surface area (Å²) in [6.07, 6.45) is 5.15. The van der Waals surface area contributed by atoms with Crippen LogP contribution in [0.1, 0.15) is 5.56 Å². The van der Waals surface area contributed by atoms with E-state index in [1.807, 2.05) is 30.5 Å². The van der Waals surface area contributed by atoms with Gasteiger partial charge in [0.25, 0.3) is 0 Å². The van der Waals surface area contributed by atoms with Crippen LogP contribution < -0.4 is 5.73 Å². The number of fused-ring (bicyclic) bond motifs is 1. The Morgan fingerprint density at radius 1 is 1.41 bits per heavy atom. The molecule has 90 valence electrons. The molecule has 0 fully saturated rings. The molecule has 0 amide bonds. The highest BCUT2D eigenvalue weighted by molar-refractivity contribution is 8.18. The maximum Gasteiger partial charge on any atom is 0.209 e. The van der Waals surface area contributed by atoms with E-state index in [1.165, 1.54) is 11.8 Å². The minimum atomic E-state index is -1.06. The Balaban J connectivity index is 2.51. The Kier molecular flexibility index (Phi) is 3.71. The van der Waals surface area contributed by atoms with Crippen LogP contribution >= 0.6 is 11.8 Å². The predicted molar refractivity (Wildman–Crippen MR) is 74.9 cm³/mol. The van der Waals surface area contributed by atoms with Crippen LogP contribution in [-0.2, 0) is 11.2 Å². The maximum absolute atomic E-state index is 11.5. The van der Waals surface area contributed by atoms with Gasteiger partial charge in [-0.15, -0.1) is 0 Å². The SMILES string of the molecule is CS/C(=C(/N)c1ccc2occc2c1)[S+](C)[O-]. The van der Waals surface area contributed by atoms with E-state index in [0.717, 1.165) is 16.5 Å². The summed E-state index contributed by atoms with van der Waals surface area (Å²) in [4.78, 5) is 0. The molecule has 1 aromatic carbocycles. The molecule has 0 saturated heterocycles. The highest BCUT2D eigenvalue weighted by Crippen LogP contribution is 2.28. The zero-order valence-corrected chi connectivity index (χ0v) is 11.2. The first-order valence-corrected chi connectivity index (χ1v) is 7.76. The van der Waals surface area contributed by atoms with Gasteiger partial charge in [0.1, 0.15) is 17.5 Å². The third kappa shape index (κ3) is 2.46. The first-order valence-electron chi connectivity index (χ1n) is 4.98. The van der Waals surface area contributed by atoms with Gasteiger partial charge >= 0.3 is 0 Å². The first-order chi connectivity index (χ1) is 8.13. The Bertz CT molecular complexity index is 560. The summed E-state index contributed by atoms with van der Waals surface area (Å²) in [5.41, 5.74) is 8.31. The van der Waals surface area contributed by atoms with Crippen molar-refractivity contribution in [3.8, 4) is 0 Å². The number of furan rings is 1. The Morgan fingerprint density at radius 3 is 2.82 bits per heavy atom. The first kappa shape index (κ1) is 12.4. The molecule has 0 spiro atoms. The van der Waals surface area contributed by atoms with Crippen LogP contribution in [0.5, 0.6) is 0 Å². The molecule has 1 aromatic heterocycles. The van der Waals surface area contributed by atoms with E-state index in [1.54, 1.807) is 12.5 Å². The Labute approximate surface area is 107 Å². The monoisotopic (exact) mass is 267 g/mol. The van der Waals surface area contributed by atoms with Crippen molar-refractivity contribution in [3.05, 3.63) is 40.3 Å². The van der Waals surface area contributed by atoms with Gasteiger partial charge in [0.05, 0.1) is 6.26 Å². The number of rotatable bonds is 3. The van der Waals surface area contributed by atoms with Gasteiger partial charge < -0.3 is 14.7 Å². The summed E-state index contributed by atoms with van der Waals surface area (Å²) >= 11 is 0.356. The smallest absolute Gasteiger partial charge is 0.209 e. The van der Waals surface area contributed by atoms with Gasteiger partial charge in [-0.2, -0.15) is 0 Å². The molecule has 1 atom stereocenters. The van der Waals surface area contributed by atoms with Crippen LogP contribution in [-0.4, -0.2) is 17.1 Å². The molecule has 1 heterocycles. The van der Waals surface area contributed by atoms with Crippen LogP contribution in [0.3, 0.4) is 0 Å². The topological polar surface area (TPSA) is 62.2 Å². The lowest BCUT2D eigenvalue weighted by molar-refractivity contribution is 0.608. The second-order valence-corrected chi connectivity index (χ2v) is 5.92. The molecule has 0 bridgehead atoms. The third-order valence-electron chi connectivity index (χ3n) is 2.43. The highest BCUT2D eigenvalue weighted by atomic mass is 32.3. The predicted octanol–water partition coefficient (Wildman–Crippen LogP) is 2.76. The van der Waals surface area contributed by atoms with Crippen molar-refractivity contribution < 1.29 is 8.97 Å². The van der Waals surface area contributed by atoms with Gasteiger partial charge in [-0.05, 0) is 41.7 Å². The number of nitrogens with two attached hydrogens (primary N) is 1. The van der Waals surface area contributed by atoms with Crippen molar-refractivity contribution >= 4 is 39.6 Å². The fourth-order valence-corrected chi connectivity index (χ4v) is 3.34. The van der Waals surface area contributed by atoms with Crippen LogP contribution in [0.2, 0.25) is 0 Å². The molecule has 1 unspecified atom stereocenters. The van der Waals surface area contributed by atoms with Crippen molar-refractivity contribution in [1.29, 1.82) is 0 Å². The lowest BCUT2D eigenvalue weighted by atomic mass is 10.1. The standard InChI is InChI=1S/C12H13NO2S2/c1-16-12(17(2)14)11(13)9-3-4-10-8(7-9)5-6-15-10/h3-7H,13H2,1-2H3/b12-11-. The molecule has 0 aliphatic heterocycles. The number of thioether (sulfide) groups is 1. The normalized spacial score (nSPS) is 14.8. The lowest BCUT2D eigenvalue weighted by Gasteiger charge is -2.10. The summed E-state index contributed by atoms with van der Waals surface area (Å²) in [5, 5.41) is 0.993. The zero-order chi connectivity index (χ0) is 12.4. The van der Waals surface area contributed by atoms with Gasteiger partial charge in [0.15, 0.2) is 0 Å². The van der Waals surface area contributed by atoms with Crippen molar-refractivity contribution in [2.24, 2.45) is 5.73 Å². The van der Waals surface area contributed by atoms with E-state index in [-0.39, 0.29) is 0 Å². The summed E-state index contributed by atoms with van der Waals surface area (Å²) < 4.78 is 17.5.